The molecular formula is C38H42N6. The molecule has 6 aromatic rings. The molecule has 0 aliphatic heterocycles. The summed E-state index contributed by atoms with van der Waals surface area (Å²) in [5.74, 6) is 0. The van der Waals surface area contributed by atoms with Gasteiger partial charge in [-0.25, -0.2) is 19.0 Å². The Hall–Kier alpha value is -4.32. The first-order valence-electron chi connectivity index (χ1n) is 15.9. The molecule has 4 aromatic heterocycles. The lowest BCUT2D eigenvalue weighted by molar-refractivity contribution is 0.562. The third-order valence-electron chi connectivity index (χ3n) is 9.18. The molecule has 44 heavy (non-hydrogen) atoms. The molecule has 4 heterocycles. The van der Waals surface area contributed by atoms with Gasteiger partial charge >= 0.3 is 0 Å². The topological polar surface area (TPSA) is 60.4 Å². The maximum absolute atomic E-state index is 4.89. The summed E-state index contributed by atoms with van der Waals surface area (Å²) in [6.07, 6.45) is 4.27. The van der Waals surface area contributed by atoms with E-state index in [4.69, 9.17) is 20.2 Å². The molecule has 0 saturated carbocycles. The van der Waals surface area contributed by atoms with Crippen molar-refractivity contribution >= 4 is 11.3 Å². The summed E-state index contributed by atoms with van der Waals surface area (Å²) in [5.41, 5.74) is 17.0. The Morgan fingerprint density at radius 2 is 0.932 bits per heavy atom. The highest BCUT2D eigenvalue weighted by Crippen LogP contribution is 2.37. The highest BCUT2D eigenvalue weighted by Gasteiger charge is 2.26. The summed E-state index contributed by atoms with van der Waals surface area (Å²) in [4.78, 5) is 9.59. The zero-order valence-corrected chi connectivity index (χ0v) is 27.3. The van der Waals surface area contributed by atoms with E-state index >= 15 is 0 Å². The van der Waals surface area contributed by atoms with E-state index < -0.39 is 0 Å². The second-order valence-corrected chi connectivity index (χ2v) is 14.5. The number of rotatable bonds is 0. The fraction of sp³-hybridized carbons (Fsp3) is 0.368. The van der Waals surface area contributed by atoms with Gasteiger partial charge in [0.1, 0.15) is 0 Å². The summed E-state index contributed by atoms with van der Waals surface area (Å²) in [7, 11) is 0. The number of benzene rings is 2. The lowest BCUT2D eigenvalue weighted by Gasteiger charge is -2.21. The van der Waals surface area contributed by atoms with Crippen LogP contribution in [0.2, 0.25) is 0 Å². The Kier molecular flexibility index (Phi) is 6.54. The summed E-state index contributed by atoms with van der Waals surface area (Å²) in [6, 6.07) is 21.6. The number of fused-ring (bicyclic) bond motifs is 10. The van der Waals surface area contributed by atoms with Crippen molar-refractivity contribution in [1.82, 2.24) is 29.2 Å². The van der Waals surface area contributed by atoms with Crippen LogP contribution in [0.5, 0.6) is 0 Å². The minimum Gasteiger partial charge on any atom is -0.234 e. The summed E-state index contributed by atoms with van der Waals surface area (Å²) < 4.78 is 4.11. The van der Waals surface area contributed by atoms with Crippen LogP contribution in [0.15, 0.2) is 60.7 Å². The summed E-state index contributed by atoms with van der Waals surface area (Å²) in [6.45, 7) is 17.4. The lowest BCUT2D eigenvalue weighted by Crippen LogP contribution is -2.14. The van der Waals surface area contributed by atoms with E-state index in [0.29, 0.717) is 0 Å². The summed E-state index contributed by atoms with van der Waals surface area (Å²) in [5, 5.41) is 9.78. The van der Waals surface area contributed by atoms with Gasteiger partial charge in [-0.1, -0.05) is 90.1 Å². The van der Waals surface area contributed by atoms with E-state index in [-0.39, 0.29) is 10.8 Å². The van der Waals surface area contributed by atoms with Crippen molar-refractivity contribution in [2.45, 2.75) is 91.9 Å². The molecule has 2 aliphatic carbocycles. The van der Waals surface area contributed by atoms with Crippen LogP contribution in [-0.4, -0.2) is 29.2 Å². The van der Waals surface area contributed by atoms with E-state index in [0.717, 1.165) is 59.8 Å². The second kappa shape index (κ2) is 10.1. The first-order valence-corrected chi connectivity index (χ1v) is 15.9. The van der Waals surface area contributed by atoms with Crippen molar-refractivity contribution in [1.29, 1.82) is 0 Å². The molecule has 0 atom stereocenters. The number of aromatic nitrogens is 6. The first-order chi connectivity index (χ1) is 20.9. The maximum Gasteiger partial charge on any atom is 0.156 e. The molecule has 6 nitrogen and oxygen atoms in total. The molecule has 0 saturated heterocycles. The SMILES string of the molecule is Cc1nc2cc(C(C)(C)C)nn2c2c1CCc1ccccc1-2.Cc1nc2cc(C(C)(C)C)nn2c2c1CCc1ccccc1-2. The second-order valence-electron chi connectivity index (χ2n) is 14.5. The Morgan fingerprint density at radius 3 is 1.32 bits per heavy atom. The molecule has 0 spiro atoms. The Bertz CT molecular complexity index is 1910. The van der Waals surface area contributed by atoms with Crippen molar-refractivity contribution in [3.63, 3.8) is 0 Å². The Labute approximate surface area is 260 Å². The van der Waals surface area contributed by atoms with Crippen molar-refractivity contribution in [2.75, 3.05) is 0 Å². The minimum atomic E-state index is 0.0304. The fourth-order valence-corrected chi connectivity index (χ4v) is 6.65. The highest BCUT2D eigenvalue weighted by molar-refractivity contribution is 5.74. The van der Waals surface area contributed by atoms with Crippen molar-refractivity contribution in [3.8, 4) is 22.5 Å². The smallest absolute Gasteiger partial charge is 0.156 e. The van der Waals surface area contributed by atoms with Crippen LogP contribution in [0.4, 0.5) is 0 Å². The van der Waals surface area contributed by atoms with Gasteiger partial charge in [0.2, 0.25) is 0 Å². The van der Waals surface area contributed by atoms with Crippen LogP contribution in [0, 0.1) is 13.8 Å². The molecule has 0 radical (unpaired) electrons. The van der Waals surface area contributed by atoms with Crippen molar-refractivity contribution in [2.24, 2.45) is 0 Å². The number of nitrogens with zero attached hydrogens (tertiary/aromatic N) is 6. The number of hydrogen-bond donors (Lipinski definition) is 0. The third kappa shape index (κ3) is 4.72. The van der Waals surface area contributed by atoms with Gasteiger partial charge in [-0.2, -0.15) is 10.2 Å². The van der Waals surface area contributed by atoms with Crippen molar-refractivity contribution < 1.29 is 0 Å². The first kappa shape index (κ1) is 28.5. The van der Waals surface area contributed by atoms with Crippen molar-refractivity contribution in [3.05, 3.63) is 106 Å². The molecule has 0 unspecified atom stereocenters. The van der Waals surface area contributed by atoms with Gasteiger partial charge in [0.05, 0.1) is 22.8 Å². The third-order valence-corrected chi connectivity index (χ3v) is 9.18. The lowest BCUT2D eigenvalue weighted by atomic mass is 9.88. The van der Waals surface area contributed by atoms with Gasteiger partial charge in [0.15, 0.2) is 11.3 Å². The Balaban J connectivity index is 0.000000142. The van der Waals surface area contributed by atoms with Gasteiger partial charge in [0.25, 0.3) is 0 Å². The zero-order valence-electron chi connectivity index (χ0n) is 27.3. The average Bonchev–Trinajstić information content (AvgIpc) is 3.62. The maximum atomic E-state index is 4.89. The molecule has 0 bridgehead atoms. The quantitative estimate of drug-likeness (QED) is 0.181. The normalized spacial score (nSPS) is 14.0. The number of hydrogen-bond acceptors (Lipinski definition) is 4. The van der Waals surface area contributed by atoms with E-state index in [2.05, 4.69) is 125 Å². The van der Waals surface area contributed by atoms with E-state index in [1.165, 1.54) is 44.8 Å². The van der Waals surface area contributed by atoms with Gasteiger partial charge < -0.3 is 0 Å². The average molecular weight is 583 g/mol. The van der Waals surface area contributed by atoms with Crippen LogP contribution in [0.1, 0.15) is 86.6 Å². The molecule has 224 valence electrons. The summed E-state index contributed by atoms with van der Waals surface area (Å²) >= 11 is 0. The molecule has 6 heteroatoms. The molecule has 8 rings (SSSR count). The van der Waals surface area contributed by atoms with E-state index in [1.54, 1.807) is 0 Å². The van der Waals surface area contributed by atoms with Gasteiger partial charge in [-0.05, 0) is 50.7 Å². The minimum absolute atomic E-state index is 0.0304. The molecular weight excluding hydrogens is 540 g/mol. The van der Waals surface area contributed by atoms with Crippen LogP contribution in [0.25, 0.3) is 33.8 Å². The molecule has 0 fully saturated rings. The zero-order chi connectivity index (χ0) is 31.0. The largest absolute Gasteiger partial charge is 0.234 e. The number of aryl methyl sites for hydroxylation is 4. The molecule has 2 aromatic carbocycles. The van der Waals surface area contributed by atoms with Crippen LogP contribution in [-0.2, 0) is 36.5 Å². The van der Waals surface area contributed by atoms with Crippen LogP contribution in [0.3, 0.4) is 0 Å². The fourth-order valence-electron chi connectivity index (χ4n) is 6.65. The standard InChI is InChI=1S/2C19H21N3/c2*1-12-14-10-9-13-7-5-6-8-15(13)18(14)22-17(20-12)11-16(21-22)19(2,3)4/h2*5-8,11H,9-10H2,1-4H3. The van der Waals surface area contributed by atoms with E-state index in [1.807, 2.05) is 0 Å². The van der Waals surface area contributed by atoms with E-state index in [9.17, 15) is 0 Å². The van der Waals surface area contributed by atoms with Crippen LogP contribution < -0.4 is 0 Å². The van der Waals surface area contributed by atoms with Crippen LogP contribution >= 0.6 is 0 Å². The predicted octanol–water partition coefficient (Wildman–Crippen LogP) is 8.20. The monoisotopic (exact) mass is 582 g/mol. The van der Waals surface area contributed by atoms with Gasteiger partial charge in [-0.15, -0.1) is 0 Å². The highest BCUT2D eigenvalue weighted by atomic mass is 15.3. The Morgan fingerprint density at radius 1 is 0.545 bits per heavy atom. The predicted molar refractivity (Wildman–Crippen MR) is 179 cm³/mol. The molecule has 0 amide bonds. The molecule has 2 aliphatic rings. The molecule has 0 N–H and O–H groups in total. The van der Waals surface area contributed by atoms with Gasteiger partial charge in [-0.3, -0.25) is 0 Å². The van der Waals surface area contributed by atoms with Gasteiger partial charge in [0, 0.05) is 56.6 Å².